The molecule has 1 aliphatic heterocycles. The molecule has 0 aliphatic carbocycles. The SMILES string of the molecule is COc1ccc(CS(=O)(=O)Cc2cc(N3CCOCC3)nc(-c3ccccn3)n2)cc1. The quantitative estimate of drug-likeness (QED) is 0.553. The van der Waals surface area contributed by atoms with Crippen molar-refractivity contribution < 1.29 is 17.9 Å². The molecule has 0 N–H and O–H groups in total. The van der Waals surface area contributed by atoms with Crippen molar-refractivity contribution in [1.29, 1.82) is 0 Å². The molecule has 3 heterocycles. The van der Waals surface area contributed by atoms with Gasteiger partial charge in [-0.05, 0) is 29.8 Å². The van der Waals surface area contributed by atoms with Gasteiger partial charge in [0, 0.05) is 25.4 Å². The number of ether oxygens (including phenoxy) is 2. The first-order valence-electron chi connectivity index (χ1n) is 9.98. The lowest BCUT2D eigenvalue weighted by Gasteiger charge is -2.28. The minimum Gasteiger partial charge on any atom is -0.497 e. The summed E-state index contributed by atoms with van der Waals surface area (Å²) in [5.74, 6) is 1.53. The van der Waals surface area contributed by atoms with E-state index in [1.54, 1.807) is 43.6 Å². The summed E-state index contributed by atoms with van der Waals surface area (Å²) in [7, 11) is -1.87. The van der Waals surface area contributed by atoms with Crippen LogP contribution in [0.5, 0.6) is 5.75 Å². The molecule has 1 fully saturated rings. The normalized spacial score (nSPS) is 14.4. The first-order valence-corrected chi connectivity index (χ1v) is 11.8. The minimum absolute atomic E-state index is 0.0766. The molecule has 0 atom stereocenters. The third-order valence-corrected chi connectivity index (χ3v) is 6.42. The molecule has 31 heavy (non-hydrogen) atoms. The number of morpholine rings is 1. The van der Waals surface area contributed by atoms with Crippen molar-refractivity contribution in [2.75, 3.05) is 38.3 Å². The molecular formula is C22H24N4O4S. The highest BCUT2D eigenvalue weighted by Crippen LogP contribution is 2.22. The first-order chi connectivity index (χ1) is 15.0. The summed E-state index contributed by atoms with van der Waals surface area (Å²) in [5, 5.41) is 0. The fourth-order valence-corrected chi connectivity index (χ4v) is 4.77. The van der Waals surface area contributed by atoms with Crippen molar-refractivity contribution in [2.24, 2.45) is 0 Å². The molecule has 0 unspecified atom stereocenters. The molecule has 9 heteroatoms. The highest BCUT2D eigenvalue weighted by atomic mass is 32.2. The molecule has 0 saturated carbocycles. The van der Waals surface area contributed by atoms with Gasteiger partial charge in [0.2, 0.25) is 0 Å². The number of benzene rings is 1. The monoisotopic (exact) mass is 440 g/mol. The van der Waals surface area contributed by atoms with Crippen molar-refractivity contribution in [2.45, 2.75) is 11.5 Å². The van der Waals surface area contributed by atoms with E-state index in [0.29, 0.717) is 60.6 Å². The van der Waals surface area contributed by atoms with Crippen LogP contribution in [0.4, 0.5) is 5.82 Å². The Hall–Kier alpha value is -3.04. The van der Waals surface area contributed by atoms with Gasteiger partial charge in [0.15, 0.2) is 15.7 Å². The van der Waals surface area contributed by atoms with Gasteiger partial charge >= 0.3 is 0 Å². The number of anilines is 1. The molecule has 1 saturated heterocycles. The van der Waals surface area contributed by atoms with Gasteiger partial charge in [-0.25, -0.2) is 18.4 Å². The average Bonchev–Trinajstić information content (AvgIpc) is 2.80. The lowest BCUT2D eigenvalue weighted by Crippen LogP contribution is -2.37. The zero-order chi connectivity index (χ0) is 21.7. The maximum absolute atomic E-state index is 12.9. The van der Waals surface area contributed by atoms with Crippen LogP contribution in [0.2, 0.25) is 0 Å². The maximum atomic E-state index is 12.9. The Kier molecular flexibility index (Phi) is 6.43. The standard InChI is InChI=1S/C22H24N4O4S/c1-29-19-7-5-17(6-8-19)15-31(27,28)16-18-14-21(26-10-12-30-13-11-26)25-22(24-18)20-4-2-3-9-23-20/h2-9,14H,10-13,15-16H2,1H3. The molecule has 0 spiro atoms. The van der Waals surface area contributed by atoms with Gasteiger partial charge in [-0.2, -0.15) is 0 Å². The molecule has 2 aromatic heterocycles. The fraction of sp³-hybridized carbons (Fsp3) is 0.318. The van der Waals surface area contributed by atoms with Crippen LogP contribution >= 0.6 is 0 Å². The van der Waals surface area contributed by atoms with Crippen LogP contribution in [0.15, 0.2) is 54.7 Å². The number of methoxy groups -OCH3 is 1. The number of rotatable bonds is 7. The third kappa shape index (κ3) is 5.56. The number of hydrogen-bond donors (Lipinski definition) is 0. The summed E-state index contributed by atoms with van der Waals surface area (Å²) >= 11 is 0. The van der Waals surface area contributed by atoms with Gasteiger partial charge in [0.05, 0.1) is 37.5 Å². The molecular weight excluding hydrogens is 416 g/mol. The second-order valence-electron chi connectivity index (χ2n) is 7.24. The predicted molar refractivity (Wildman–Crippen MR) is 118 cm³/mol. The number of aromatic nitrogens is 3. The van der Waals surface area contributed by atoms with Crippen LogP contribution in [0, 0.1) is 0 Å². The van der Waals surface area contributed by atoms with Gasteiger partial charge < -0.3 is 14.4 Å². The topological polar surface area (TPSA) is 94.5 Å². The van der Waals surface area contributed by atoms with E-state index in [1.165, 1.54) is 0 Å². The summed E-state index contributed by atoms with van der Waals surface area (Å²) in [6, 6.07) is 14.3. The first kappa shape index (κ1) is 21.2. The smallest absolute Gasteiger partial charge is 0.180 e. The largest absolute Gasteiger partial charge is 0.497 e. The Morgan fingerprint density at radius 2 is 1.81 bits per heavy atom. The number of sulfone groups is 1. The number of hydrogen-bond acceptors (Lipinski definition) is 8. The average molecular weight is 441 g/mol. The van der Waals surface area contributed by atoms with Crippen molar-refractivity contribution in [3.8, 4) is 17.3 Å². The summed E-state index contributed by atoms with van der Waals surface area (Å²) in [6.07, 6.45) is 1.67. The molecule has 0 bridgehead atoms. The van der Waals surface area contributed by atoms with E-state index < -0.39 is 9.84 Å². The second-order valence-corrected chi connectivity index (χ2v) is 9.30. The lowest BCUT2D eigenvalue weighted by molar-refractivity contribution is 0.122. The van der Waals surface area contributed by atoms with E-state index in [-0.39, 0.29) is 11.5 Å². The van der Waals surface area contributed by atoms with E-state index in [4.69, 9.17) is 9.47 Å². The molecule has 3 aromatic rings. The number of nitrogens with zero attached hydrogens (tertiary/aromatic N) is 4. The Balaban J connectivity index is 1.62. The molecule has 1 aromatic carbocycles. The highest BCUT2D eigenvalue weighted by Gasteiger charge is 2.20. The number of pyridine rings is 1. The van der Waals surface area contributed by atoms with Crippen LogP contribution in [0.25, 0.3) is 11.5 Å². The van der Waals surface area contributed by atoms with E-state index in [1.807, 2.05) is 18.2 Å². The van der Waals surface area contributed by atoms with Crippen LogP contribution in [0.1, 0.15) is 11.3 Å². The van der Waals surface area contributed by atoms with Crippen molar-refractivity contribution in [3.63, 3.8) is 0 Å². The Morgan fingerprint density at radius 3 is 2.48 bits per heavy atom. The zero-order valence-electron chi connectivity index (χ0n) is 17.3. The molecule has 0 radical (unpaired) electrons. The second kappa shape index (κ2) is 9.40. The van der Waals surface area contributed by atoms with Crippen molar-refractivity contribution in [3.05, 3.63) is 66.0 Å². The van der Waals surface area contributed by atoms with Gasteiger partial charge in [-0.1, -0.05) is 18.2 Å². The highest BCUT2D eigenvalue weighted by molar-refractivity contribution is 7.89. The van der Waals surface area contributed by atoms with Crippen LogP contribution < -0.4 is 9.64 Å². The molecule has 162 valence electrons. The van der Waals surface area contributed by atoms with Crippen LogP contribution in [-0.4, -0.2) is 56.8 Å². The third-order valence-electron chi connectivity index (χ3n) is 4.91. The Bertz CT molecular complexity index is 1120. The molecule has 1 aliphatic rings. The summed E-state index contributed by atoms with van der Waals surface area (Å²) in [5.41, 5.74) is 1.75. The molecule has 8 nitrogen and oxygen atoms in total. The van der Waals surface area contributed by atoms with Gasteiger partial charge in [-0.15, -0.1) is 0 Å². The van der Waals surface area contributed by atoms with E-state index in [0.717, 1.165) is 0 Å². The summed E-state index contributed by atoms with van der Waals surface area (Å²) < 4.78 is 36.4. The summed E-state index contributed by atoms with van der Waals surface area (Å²) in [6.45, 7) is 2.59. The fourth-order valence-electron chi connectivity index (χ4n) is 3.37. The van der Waals surface area contributed by atoms with E-state index in [9.17, 15) is 8.42 Å². The van der Waals surface area contributed by atoms with Crippen LogP contribution in [0.3, 0.4) is 0 Å². The van der Waals surface area contributed by atoms with Crippen LogP contribution in [-0.2, 0) is 26.1 Å². The zero-order valence-corrected chi connectivity index (χ0v) is 18.1. The van der Waals surface area contributed by atoms with Crippen molar-refractivity contribution >= 4 is 15.7 Å². The summed E-state index contributed by atoms with van der Waals surface area (Å²) in [4.78, 5) is 15.6. The van der Waals surface area contributed by atoms with Gasteiger partial charge in [0.25, 0.3) is 0 Å². The van der Waals surface area contributed by atoms with Crippen molar-refractivity contribution in [1.82, 2.24) is 15.0 Å². The minimum atomic E-state index is -3.45. The van der Waals surface area contributed by atoms with Gasteiger partial charge in [0.1, 0.15) is 17.3 Å². The Morgan fingerprint density at radius 1 is 1.03 bits per heavy atom. The lowest BCUT2D eigenvalue weighted by atomic mass is 10.2. The maximum Gasteiger partial charge on any atom is 0.180 e. The van der Waals surface area contributed by atoms with Gasteiger partial charge in [-0.3, -0.25) is 4.98 Å². The van der Waals surface area contributed by atoms with E-state index >= 15 is 0 Å². The Labute approximate surface area is 181 Å². The molecule has 4 rings (SSSR count). The van der Waals surface area contributed by atoms with E-state index in [2.05, 4.69) is 19.9 Å². The molecule has 0 amide bonds. The predicted octanol–water partition coefficient (Wildman–Crippen LogP) is 2.50.